The summed E-state index contributed by atoms with van der Waals surface area (Å²) in [4.78, 5) is 25.3. The summed E-state index contributed by atoms with van der Waals surface area (Å²) in [6.45, 7) is 0.247. The first kappa shape index (κ1) is 21.8. The lowest BCUT2D eigenvalue weighted by atomic mass is 10.1. The number of rotatable bonds is 9. The largest absolute Gasteiger partial charge is 0.493 e. The minimum Gasteiger partial charge on any atom is -0.493 e. The molecule has 0 aliphatic carbocycles. The van der Waals surface area contributed by atoms with Crippen LogP contribution in [0.4, 0.5) is 5.69 Å². The summed E-state index contributed by atoms with van der Waals surface area (Å²) >= 11 is 0. The lowest BCUT2D eigenvalue weighted by molar-refractivity contribution is -0.115. The van der Waals surface area contributed by atoms with E-state index >= 15 is 0 Å². The smallest absolute Gasteiger partial charge is 0.253 e. The highest BCUT2D eigenvalue weighted by Gasteiger charge is 2.19. The number of amides is 2. The highest BCUT2D eigenvalue weighted by Crippen LogP contribution is 2.40. The highest BCUT2D eigenvalue weighted by molar-refractivity contribution is 6.04. The maximum atomic E-state index is 12.7. The molecular weight excluding hydrogens is 400 g/mol. The zero-order valence-electron chi connectivity index (χ0n) is 17.6. The molecule has 2 N–H and O–H groups in total. The van der Waals surface area contributed by atoms with Gasteiger partial charge in [-0.2, -0.15) is 0 Å². The van der Waals surface area contributed by atoms with Gasteiger partial charge in [-0.15, -0.1) is 0 Å². The van der Waals surface area contributed by atoms with Crippen LogP contribution in [0.2, 0.25) is 0 Å². The van der Waals surface area contributed by atoms with Crippen molar-refractivity contribution in [3.63, 3.8) is 0 Å². The third kappa shape index (κ3) is 5.16. The van der Waals surface area contributed by atoms with Gasteiger partial charge in [0, 0.05) is 5.56 Å². The molecule has 162 valence electrons. The van der Waals surface area contributed by atoms with Crippen molar-refractivity contribution < 1.29 is 28.2 Å². The fourth-order valence-electron chi connectivity index (χ4n) is 3.14. The first-order valence-electron chi connectivity index (χ1n) is 9.54. The summed E-state index contributed by atoms with van der Waals surface area (Å²) in [5.74, 6) is 1.33. The number of hydrogen-bond acceptors (Lipinski definition) is 6. The zero-order chi connectivity index (χ0) is 22.2. The van der Waals surface area contributed by atoms with Gasteiger partial charge in [0.05, 0.1) is 51.8 Å². The number of furan rings is 1. The Morgan fingerprint density at radius 1 is 0.903 bits per heavy atom. The minimum atomic E-state index is -0.323. The second-order valence-electron chi connectivity index (χ2n) is 6.53. The van der Waals surface area contributed by atoms with Gasteiger partial charge in [0.25, 0.3) is 5.91 Å². The summed E-state index contributed by atoms with van der Waals surface area (Å²) in [7, 11) is 4.52. The van der Waals surface area contributed by atoms with E-state index in [4.69, 9.17) is 18.6 Å². The first-order chi connectivity index (χ1) is 15.1. The summed E-state index contributed by atoms with van der Waals surface area (Å²) in [5.41, 5.74) is 1.38. The van der Waals surface area contributed by atoms with Crippen LogP contribution >= 0.6 is 0 Å². The number of carbonyl (C=O) groups is 2. The van der Waals surface area contributed by atoms with E-state index in [-0.39, 0.29) is 24.8 Å². The van der Waals surface area contributed by atoms with Crippen LogP contribution in [0.1, 0.15) is 21.7 Å². The molecule has 3 rings (SSSR count). The Balaban J connectivity index is 1.73. The van der Waals surface area contributed by atoms with Crippen molar-refractivity contribution in [2.75, 3.05) is 26.6 Å². The van der Waals surface area contributed by atoms with Crippen LogP contribution < -0.4 is 24.8 Å². The topological polar surface area (TPSA) is 99.0 Å². The van der Waals surface area contributed by atoms with Crippen LogP contribution in [0.25, 0.3) is 0 Å². The van der Waals surface area contributed by atoms with Crippen LogP contribution in [-0.2, 0) is 17.8 Å². The van der Waals surface area contributed by atoms with E-state index in [1.807, 2.05) is 0 Å². The van der Waals surface area contributed by atoms with E-state index in [1.54, 1.807) is 48.5 Å². The van der Waals surface area contributed by atoms with Crippen molar-refractivity contribution in [3.05, 3.63) is 71.7 Å². The second kappa shape index (κ2) is 10.2. The second-order valence-corrected chi connectivity index (χ2v) is 6.53. The predicted octanol–water partition coefficient (Wildman–Crippen LogP) is 3.42. The van der Waals surface area contributed by atoms with Gasteiger partial charge in [0.15, 0.2) is 11.5 Å². The third-order valence-electron chi connectivity index (χ3n) is 4.59. The average molecular weight is 424 g/mol. The number of nitrogens with one attached hydrogen (secondary N) is 2. The molecule has 0 atom stereocenters. The monoisotopic (exact) mass is 424 g/mol. The normalized spacial score (nSPS) is 10.3. The third-order valence-corrected chi connectivity index (χ3v) is 4.59. The number of hydrogen-bond donors (Lipinski definition) is 2. The van der Waals surface area contributed by atoms with E-state index in [0.717, 1.165) is 0 Å². The van der Waals surface area contributed by atoms with Crippen LogP contribution in [0, 0.1) is 0 Å². The van der Waals surface area contributed by atoms with Crippen LogP contribution in [0.3, 0.4) is 0 Å². The molecule has 0 unspecified atom stereocenters. The van der Waals surface area contributed by atoms with Crippen molar-refractivity contribution in [1.29, 1.82) is 0 Å². The Labute approximate surface area is 180 Å². The molecule has 0 bridgehead atoms. The van der Waals surface area contributed by atoms with E-state index in [2.05, 4.69) is 10.6 Å². The Morgan fingerprint density at radius 2 is 1.68 bits per heavy atom. The van der Waals surface area contributed by atoms with Gasteiger partial charge >= 0.3 is 0 Å². The van der Waals surface area contributed by atoms with Gasteiger partial charge in [-0.25, -0.2) is 0 Å². The molecule has 0 aliphatic rings. The predicted molar refractivity (Wildman–Crippen MR) is 115 cm³/mol. The van der Waals surface area contributed by atoms with Gasteiger partial charge in [-0.05, 0) is 30.3 Å². The van der Waals surface area contributed by atoms with Crippen molar-refractivity contribution in [3.8, 4) is 17.2 Å². The van der Waals surface area contributed by atoms with E-state index in [9.17, 15) is 9.59 Å². The van der Waals surface area contributed by atoms with Gasteiger partial charge in [0.2, 0.25) is 11.7 Å². The molecule has 1 heterocycles. The van der Waals surface area contributed by atoms with Crippen LogP contribution in [0.5, 0.6) is 17.2 Å². The van der Waals surface area contributed by atoms with Gasteiger partial charge < -0.3 is 29.3 Å². The van der Waals surface area contributed by atoms with Gasteiger partial charge in [0.1, 0.15) is 5.76 Å². The summed E-state index contributed by atoms with van der Waals surface area (Å²) < 4.78 is 21.3. The minimum absolute atomic E-state index is 0.0197. The SMILES string of the molecule is COc1ccc(CC(=O)Nc2ccccc2C(=O)NCc2ccco2)c(OC)c1OC. The fourth-order valence-corrected chi connectivity index (χ4v) is 3.14. The quantitative estimate of drug-likeness (QED) is 0.546. The van der Waals surface area contributed by atoms with Crippen molar-refractivity contribution in [1.82, 2.24) is 5.32 Å². The molecule has 2 aromatic carbocycles. The van der Waals surface area contributed by atoms with Crippen LogP contribution in [0.15, 0.2) is 59.2 Å². The molecule has 2 amide bonds. The standard InChI is InChI=1S/C23H24N2O6/c1-28-19-11-10-15(21(29-2)22(19)30-3)13-20(26)25-18-9-5-4-8-17(18)23(27)24-14-16-7-6-12-31-16/h4-12H,13-14H2,1-3H3,(H,24,27)(H,25,26). The molecule has 8 nitrogen and oxygen atoms in total. The molecule has 0 fully saturated rings. The van der Waals surface area contributed by atoms with Crippen molar-refractivity contribution in [2.24, 2.45) is 0 Å². The maximum absolute atomic E-state index is 12.7. The van der Waals surface area contributed by atoms with Gasteiger partial charge in [-0.1, -0.05) is 18.2 Å². The van der Waals surface area contributed by atoms with Crippen molar-refractivity contribution >= 4 is 17.5 Å². The van der Waals surface area contributed by atoms with E-state index < -0.39 is 0 Å². The maximum Gasteiger partial charge on any atom is 0.253 e. The Hall–Kier alpha value is -3.94. The summed E-state index contributed by atoms with van der Waals surface area (Å²) in [6.07, 6.45) is 1.56. The number of anilines is 1. The van der Waals surface area contributed by atoms with E-state index in [0.29, 0.717) is 39.8 Å². The molecule has 0 radical (unpaired) electrons. The molecule has 0 spiro atoms. The fraction of sp³-hybridized carbons (Fsp3) is 0.217. The number of para-hydroxylation sites is 1. The molecular formula is C23H24N2O6. The lowest BCUT2D eigenvalue weighted by Gasteiger charge is -2.16. The molecule has 0 saturated heterocycles. The number of methoxy groups -OCH3 is 3. The van der Waals surface area contributed by atoms with Crippen LogP contribution in [-0.4, -0.2) is 33.1 Å². The number of carbonyl (C=O) groups excluding carboxylic acids is 2. The van der Waals surface area contributed by atoms with E-state index in [1.165, 1.54) is 27.6 Å². The van der Waals surface area contributed by atoms with Crippen molar-refractivity contribution in [2.45, 2.75) is 13.0 Å². The Kier molecular flexibility index (Phi) is 7.16. The number of benzene rings is 2. The van der Waals surface area contributed by atoms with Gasteiger partial charge in [-0.3, -0.25) is 9.59 Å². The summed E-state index contributed by atoms with van der Waals surface area (Å²) in [6, 6.07) is 13.8. The Morgan fingerprint density at radius 3 is 2.35 bits per heavy atom. The molecule has 3 aromatic rings. The lowest BCUT2D eigenvalue weighted by Crippen LogP contribution is -2.25. The first-order valence-corrected chi connectivity index (χ1v) is 9.54. The Bertz CT molecular complexity index is 1050. The molecule has 0 saturated carbocycles. The number of ether oxygens (including phenoxy) is 3. The molecule has 31 heavy (non-hydrogen) atoms. The molecule has 8 heteroatoms. The molecule has 1 aromatic heterocycles. The average Bonchev–Trinajstić information content (AvgIpc) is 3.31. The summed E-state index contributed by atoms with van der Waals surface area (Å²) in [5, 5.41) is 5.58. The molecule has 0 aliphatic heterocycles. The zero-order valence-corrected chi connectivity index (χ0v) is 17.6. The highest BCUT2D eigenvalue weighted by atomic mass is 16.5.